The van der Waals surface area contributed by atoms with E-state index in [0.29, 0.717) is 11.6 Å². The van der Waals surface area contributed by atoms with Crippen LogP contribution in [0.1, 0.15) is 37.9 Å². The summed E-state index contributed by atoms with van der Waals surface area (Å²) in [4.78, 5) is 8.74. The molecule has 0 fully saturated rings. The van der Waals surface area contributed by atoms with Gasteiger partial charge in [-0.3, -0.25) is 0 Å². The zero-order valence-corrected chi connectivity index (χ0v) is 10.1. The number of nitrogen functional groups attached to an aromatic ring is 1. The molecule has 0 unspecified atom stereocenters. The van der Waals surface area contributed by atoms with Crippen LogP contribution in [0.25, 0.3) is 0 Å². The highest BCUT2D eigenvalue weighted by Crippen LogP contribution is 2.23. The SMILES string of the molecule is CCc1nc(C(C)(C)OC)nc(N)c1C. The number of anilines is 1. The summed E-state index contributed by atoms with van der Waals surface area (Å²) in [6.07, 6.45) is 0.853. The Balaban J connectivity index is 3.28. The summed E-state index contributed by atoms with van der Waals surface area (Å²) in [6, 6.07) is 0. The second-order valence-corrected chi connectivity index (χ2v) is 4.07. The molecule has 0 aromatic carbocycles. The van der Waals surface area contributed by atoms with Crippen molar-refractivity contribution >= 4 is 5.82 Å². The number of aryl methyl sites for hydroxylation is 1. The lowest BCUT2D eigenvalue weighted by Gasteiger charge is -2.22. The van der Waals surface area contributed by atoms with E-state index < -0.39 is 5.60 Å². The van der Waals surface area contributed by atoms with E-state index in [1.165, 1.54) is 0 Å². The number of nitrogens with two attached hydrogens (primary N) is 1. The Kier molecular flexibility index (Phi) is 3.29. The highest BCUT2D eigenvalue weighted by molar-refractivity contribution is 5.41. The third-order valence-corrected chi connectivity index (χ3v) is 2.67. The van der Waals surface area contributed by atoms with Crippen LogP contribution in [0.2, 0.25) is 0 Å². The van der Waals surface area contributed by atoms with Crippen LogP contribution in [0.5, 0.6) is 0 Å². The molecular formula is C11H19N3O. The highest BCUT2D eigenvalue weighted by atomic mass is 16.5. The first-order valence-electron chi connectivity index (χ1n) is 5.11. The van der Waals surface area contributed by atoms with Gasteiger partial charge in [-0.15, -0.1) is 0 Å². The molecule has 84 valence electrons. The fourth-order valence-corrected chi connectivity index (χ4v) is 1.29. The zero-order chi connectivity index (χ0) is 11.6. The summed E-state index contributed by atoms with van der Waals surface area (Å²) in [5, 5.41) is 0. The maximum atomic E-state index is 5.84. The molecule has 0 saturated carbocycles. The summed E-state index contributed by atoms with van der Waals surface area (Å²) in [5.74, 6) is 1.19. The van der Waals surface area contributed by atoms with E-state index >= 15 is 0 Å². The first kappa shape index (κ1) is 11.9. The van der Waals surface area contributed by atoms with Crippen molar-refractivity contribution in [1.29, 1.82) is 0 Å². The molecule has 0 aliphatic rings. The fourth-order valence-electron chi connectivity index (χ4n) is 1.29. The standard InChI is InChI=1S/C11H19N3O/c1-6-8-7(2)9(12)14-10(13-8)11(3,4)15-5/h6H2,1-5H3,(H2,12,13,14). The van der Waals surface area contributed by atoms with Crippen LogP contribution in [0, 0.1) is 6.92 Å². The molecule has 0 saturated heterocycles. The topological polar surface area (TPSA) is 61.0 Å². The molecule has 1 aromatic heterocycles. The summed E-state index contributed by atoms with van der Waals surface area (Å²) in [5.41, 5.74) is 7.30. The van der Waals surface area contributed by atoms with Gasteiger partial charge >= 0.3 is 0 Å². The molecule has 0 amide bonds. The molecule has 0 radical (unpaired) electrons. The van der Waals surface area contributed by atoms with Crippen molar-refractivity contribution in [2.24, 2.45) is 0 Å². The van der Waals surface area contributed by atoms with Gasteiger partial charge in [0.1, 0.15) is 11.4 Å². The molecule has 0 spiro atoms. The van der Waals surface area contributed by atoms with Gasteiger partial charge in [0.2, 0.25) is 0 Å². The summed E-state index contributed by atoms with van der Waals surface area (Å²) in [7, 11) is 1.64. The van der Waals surface area contributed by atoms with Gasteiger partial charge in [-0.1, -0.05) is 6.92 Å². The van der Waals surface area contributed by atoms with Crippen LogP contribution < -0.4 is 5.73 Å². The largest absolute Gasteiger partial charge is 0.383 e. The molecule has 0 aliphatic heterocycles. The lowest BCUT2D eigenvalue weighted by molar-refractivity contribution is 0.0114. The normalized spacial score (nSPS) is 11.8. The van der Waals surface area contributed by atoms with E-state index in [0.717, 1.165) is 17.7 Å². The first-order valence-corrected chi connectivity index (χ1v) is 5.11. The van der Waals surface area contributed by atoms with Gasteiger partial charge in [-0.2, -0.15) is 0 Å². The third-order valence-electron chi connectivity index (χ3n) is 2.67. The van der Waals surface area contributed by atoms with Gasteiger partial charge in [0.15, 0.2) is 5.82 Å². The van der Waals surface area contributed by atoms with Crippen molar-refractivity contribution in [3.63, 3.8) is 0 Å². The minimum Gasteiger partial charge on any atom is -0.383 e. The van der Waals surface area contributed by atoms with E-state index in [1.54, 1.807) is 7.11 Å². The second kappa shape index (κ2) is 4.14. The molecular weight excluding hydrogens is 190 g/mol. The molecule has 4 nitrogen and oxygen atoms in total. The molecule has 0 bridgehead atoms. The molecule has 2 N–H and O–H groups in total. The highest BCUT2D eigenvalue weighted by Gasteiger charge is 2.24. The summed E-state index contributed by atoms with van der Waals surface area (Å²) in [6.45, 7) is 7.85. The summed E-state index contributed by atoms with van der Waals surface area (Å²) >= 11 is 0. The Morgan fingerprint density at radius 3 is 2.40 bits per heavy atom. The molecule has 1 aromatic rings. The van der Waals surface area contributed by atoms with Crippen molar-refractivity contribution < 1.29 is 4.74 Å². The lowest BCUT2D eigenvalue weighted by atomic mass is 10.1. The van der Waals surface area contributed by atoms with Crippen LogP contribution in [0.4, 0.5) is 5.82 Å². The van der Waals surface area contributed by atoms with E-state index in [1.807, 2.05) is 20.8 Å². The maximum Gasteiger partial charge on any atom is 0.162 e. The summed E-state index contributed by atoms with van der Waals surface area (Å²) < 4.78 is 5.34. The lowest BCUT2D eigenvalue weighted by Crippen LogP contribution is -2.24. The smallest absolute Gasteiger partial charge is 0.162 e. The number of hydrogen-bond donors (Lipinski definition) is 1. The number of rotatable bonds is 3. The van der Waals surface area contributed by atoms with E-state index in [-0.39, 0.29) is 0 Å². The van der Waals surface area contributed by atoms with Gasteiger partial charge in [-0.25, -0.2) is 9.97 Å². The minimum absolute atomic E-state index is 0.494. The quantitative estimate of drug-likeness (QED) is 0.824. The zero-order valence-electron chi connectivity index (χ0n) is 10.1. The van der Waals surface area contributed by atoms with Crippen molar-refractivity contribution in [3.8, 4) is 0 Å². The molecule has 1 rings (SSSR count). The number of methoxy groups -OCH3 is 1. The van der Waals surface area contributed by atoms with Crippen LogP contribution in [-0.2, 0) is 16.8 Å². The van der Waals surface area contributed by atoms with Gasteiger partial charge in [-0.05, 0) is 27.2 Å². The average molecular weight is 209 g/mol. The molecule has 1 heterocycles. The Morgan fingerprint density at radius 2 is 1.93 bits per heavy atom. The Morgan fingerprint density at radius 1 is 1.33 bits per heavy atom. The minimum atomic E-state index is -0.494. The van der Waals surface area contributed by atoms with E-state index in [9.17, 15) is 0 Å². The van der Waals surface area contributed by atoms with Crippen LogP contribution in [0.15, 0.2) is 0 Å². The average Bonchev–Trinajstić information content (AvgIpc) is 2.21. The van der Waals surface area contributed by atoms with Crippen molar-refractivity contribution in [3.05, 3.63) is 17.1 Å². The molecule has 0 aliphatic carbocycles. The van der Waals surface area contributed by atoms with Crippen molar-refractivity contribution in [1.82, 2.24) is 9.97 Å². The predicted molar refractivity (Wildman–Crippen MR) is 60.6 cm³/mol. The third kappa shape index (κ3) is 2.26. The fraction of sp³-hybridized carbons (Fsp3) is 0.636. The Hall–Kier alpha value is -1.16. The molecule has 15 heavy (non-hydrogen) atoms. The van der Waals surface area contributed by atoms with Crippen LogP contribution >= 0.6 is 0 Å². The number of ether oxygens (including phenoxy) is 1. The Bertz CT molecular complexity index is 361. The second-order valence-electron chi connectivity index (χ2n) is 4.07. The van der Waals surface area contributed by atoms with Crippen LogP contribution in [0.3, 0.4) is 0 Å². The number of aromatic nitrogens is 2. The number of nitrogens with zero attached hydrogens (tertiary/aromatic N) is 2. The predicted octanol–water partition coefficient (Wildman–Crippen LogP) is 1.81. The van der Waals surface area contributed by atoms with Crippen molar-refractivity contribution in [2.45, 2.75) is 39.7 Å². The van der Waals surface area contributed by atoms with E-state index in [2.05, 4.69) is 16.9 Å². The van der Waals surface area contributed by atoms with Gasteiger partial charge in [0.05, 0.1) is 0 Å². The maximum absolute atomic E-state index is 5.84. The molecule has 4 heteroatoms. The van der Waals surface area contributed by atoms with Gasteiger partial charge < -0.3 is 10.5 Å². The van der Waals surface area contributed by atoms with Crippen LogP contribution in [-0.4, -0.2) is 17.1 Å². The van der Waals surface area contributed by atoms with Gasteiger partial charge in [0, 0.05) is 18.4 Å². The Labute approximate surface area is 90.9 Å². The number of hydrogen-bond acceptors (Lipinski definition) is 4. The molecule has 0 atom stereocenters. The van der Waals surface area contributed by atoms with Gasteiger partial charge in [0.25, 0.3) is 0 Å². The monoisotopic (exact) mass is 209 g/mol. The van der Waals surface area contributed by atoms with E-state index in [4.69, 9.17) is 10.5 Å². The first-order chi connectivity index (χ1) is 6.92. The van der Waals surface area contributed by atoms with Crippen molar-refractivity contribution in [2.75, 3.05) is 12.8 Å².